The van der Waals surface area contributed by atoms with Crippen LogP contribution in [0.15, 0.2) is 52.3 Å². The number of nitrogens with zero attached hydrogens (tertiary/aromatic N) is 2. The molecule has 5 atom stereocenters. The highest BCUT2D eigenvalue weighted by Gasteiger charge is 2.37. The lowest BCUT2D eigenvalue weighted by atomic mass is 9.76. The average molecular weight is 421 g/mol. The molecular formula is C28H40N2O. The first-order valence-corrected chi connectivity index (χ1v) is 12.7. The van der Waals surface area contributed by atoms with E-state index in [0.29, 0.717) is 5.75 Å². The van der Waals surface area contributed by atoms with Crippen LogP contribution in [0.25, 0.3) is 5.70 Å². The number of benzene rings is 1. The van der Waals surface area contributed by atoms with E-state index in [4.69, 9.17) is 5.11 Å². The number of phenols is 1. The van der Waals surface area contributed by atoms with Crippen molar-refractivity contribution in [3.63, 3.8) is 0 Å². The Balaban J connectivity index is 1.78. The molecule has 1 N–H and O–H groups in total. The third-order valence-corrected chi connectivity index (χ3v) is 8.24. The fourth-order valence-corrected chi connectivity index (χ4v) is 6.23. The quantitative estimate of drug-likeness (QED) is 0.486. The van der Waals surface area contributed by atoms with E-state index in [9.17, 15) is 5.11 Å². The summed E-state index contributed by atoms with van der Waals surface area (Å²) < 4.78 is 0. The summed E-state index contributed by atoms with van der Waals surface area (Å²) in [6.07, 6.45) is 18.0. The molecule has 0 aromatic heterocycles. The molecule has 1 aromatic rings. The zero-order chi connectivity index (χ0) is 21.6. The van der Waals surface area contributed by atoms with Crippen LogP contribution >= 0.6 is 0 Å². The second-order valence-corrected chi connectivity index (χ2v) is 10.5. The van der Waals surface area contributed by atoms with Gasteiger partial charge in [-0.3, -0.25) is 0 Å². The van der Waals surface area contributed by atoms with Crippen LogP contribution in [0.4, 0.5) is 0 Å². The van der Waals surface area contributed by atoms with Crippen LogP contribution in [0.2, 0.25) is 0 Å². The van der Waals surface area contributed by atoms with Crippen LogP contribution in [0.1, 0.15) is 90.0 Å². The number of azo groups is 1. The van der Waals surface area contributed by atoms with Crippen molar-refractivity contribution in [2.45, 2.75) is 84.5 Å². The minimum Gasteiger partial charge on any atom is -0.507 e. The van der Waals surface area contributed by atoms with Gasteiger partial charge in [-0.25, -0.2) is 0 Å². The van der Waals surface area contributed by atoms with Gasteiger partial charge < -0.3 is 5.11 Å². The molecule has 0 amide bonds. The van der Waals surface area contributed by atoms with E-state index < -0.39 is 0 Å². The van der Waals surface area contributed by atoms with Crippen molar-refractivity contribution < 1.29 is 5.11 Å². The molecule has 4 rings (SSSR count). The molecule has 168 valence electrons. The van der Waals surface area contributed by atoms with Gasteiger partial charge in [0.2, 0.25) is 0 Å². The number of allylic oxidation sites excluding steroid dienone is 2. The Labute approximate surface area is 188 Å². The molecule has 1 aliphatic heterocycles. The second-order valence-electron chi connectivity index (χ2n) is 10.5. The average Bonchev–Trinajstić information content (AvgIpc) is 3.13. The molecule has 1 aromatic carbocycles. The van der Waals surface area contributed by atoms with Crippen molar-refractivity contribution in [3.8, 4) is 5.75 Å². The molecule has 5 unspecified atom stereocenters. The highest BCUT2D eigenvalue weighted by molar-refractivity contribution is 5.71. The minimum atomic E-state index is 0.314. The SMILES string of the molecule is CC1CC/C2=C(c3ccccc3O)/N=N/C=C/CCC(C)CCC3C(CC1)CCC3C2. The lowest BCUT2D eigenvalue weighted by molar-refractivity contribution is 0.236. The monoisotopic (exact) mass is 420 g/mol. The molecule has 3 heteroatoms. The Bertz CT molecular complexity index is 824. The van der Waals surface area contributed by atoms with E-state index in [2.05, 4.69) is 25.0 Å². The summed E-state index contributed by atoms with van der Waals surface area (Å²) in [7, 11) is 0. The first-order chi connectivity index (χ1) is 15.1. The summed E-state index contributed by atoms with van der Waals surface area (Å²) >= 11 is 0. The molecule has 4 bridgehead atoms. The van der Waals surface area contributed by atoms with Gasteiger partial charge in [-0.1, -0.05) is 44.9 Å². The molecule has 3 aliphatic rings. The highest BCUT2D eigenvalue weighted by atomic mass is 16.3. The zero-order valence-corrected chi connectivity index (χ0v) is 19.5. The van der Waals surface area contributed by atoms with Crippen molar-refractivity contribution in [1.29, 1.82) is 0 Å². The summed E-state index contributed by atoms with van der Waals surface area (Å²) in [5, 5.41) is 19.8. The van der Waals surface area contributed by atoms with Gasteiger partial charge in [0, 0.05) is 11.8 Å². The van der Waals surface area contributed by atoms with E-state index in [0.717, 1.165) is 60.1 Å². The fourth-order valence-electron chi connectivity index (χ4n) is 6.23. The van der Waals surface area contributed by atoms with Gasteiger partial charge in [0.25, 0.3) is 0 Å². The standard InChI is InChI=1S/C28H40N2O/c1-20-7-5-6-18-29-30-28(26-8-3-4-9-27(26)31)24-14-11-21(2)10-13-22-15-16-23(19-24)25(22)17-12-20/h3-4,6,8-9,18,20-23,25,31H,5,7,10-17,19H2,1-2H3/b18-6+,28-24-,30-29+. The third-order valence-electron chi connectivity index (χ3n) is 8.24. The molecule has 31 heavy (non-hydrogen) atoms. The number of phenolic OH excluding ortho intramolecular Hbond substituents is 1. The van der Waals surface area contributed by atoms with Gasteiger partial charge in [0.05, 0.1) is 5.70 Å². The summed E-state index contributed by atoms with van der Waals surface area (Å²) in [5.74, 6) is 4.35. The first kappa shape index (κ1) is 22.3. The number of hydrogen-bond acceptors (Lipinski definition) is 3. The number of fused-ring (bicyclic) bond motifs is 1. The van der Waals surface area contributed by atoms with Gasteiger partial charge in [-0.15, -0.1) is 0 Å². The largest absolute Gasteiger partial charge is 0.507 e. The molecule has 2 aliphatic carbocycles. The molecule has 0 spiro atoms. The van der Waals surface area contributed by atoms with E-state index in [1.54, 1.807) is 6.07 Å². The van der Waals surface area contributed by atoms with Crippen LogP contribution in [-0.2, 0) is 0 Å². The number of hydrogen-bond donors (Lipinski definition) is 1. The predicted molar refractivity (Wildman–Crippen MR) is 129 cm³/mol. The Morgan fingerprint density at radius 3 is 2.45 bits per heavy atom. The molecule has 3 nitrogen and oxygen atoms in total. The van der Waals surface area contributed by atoms with Crippen LogP contribution in [0, 0.1) is 29.6 Å². The van der Waals surface area contributed by atoms with E-state index in [-0.39, 0.29) is 0 Å². The van der Waals surface area contributed by atoms with E-state index >= 15 is 0 Å². The summed E-state index contributed by atoms with van der Waals surface area (Å²) in [4.78, 5) is 0. The van der Waals surface area contributed by atoms with Crippen molar-refractivity contribution in [2.24, 2.45) is 39.8 Å². The highest BCUT2D eigenvalue weighted by Crippen LogP contribution is 2.48. The lowest BCUT2D eigenvalue weighted by Gasteiger charge is -2.30. The summed E-state index contributed by atoms with van der Waals surface area (Å²) in [6.45, 7) is 4.85. The first-order valence-electron chi connectivity index (χ1n) is 12.7. The Morgan fingerprint density at radius 1 is 0.839 bits per heavy atom. The normalized spacial score (nSPS) is 37.2. The number of rotatable bonds is 1. The van der Waals surface area contributed by atoms with Crippen molar-refractivity contribution in [2.75, 3.05) is 0 Å². The maximum Gasteiger partial charge on any atom is 0.125 e. The van der Waals surface area contributed by atoms with Crippen LogP contribution < -0.4 is 0 Å². The Morgan fingerprint density at radius 2 is 1.58 bits per heavy atom. The molecule has 2 fully saturated rings. The van der Waals surface area contributed by atoms with Crippen molar-refractivity contribution in [1.82, 2.24) is 0 Å². The van der Waals surface area contributed by atoms with Gasteiger partial charge >= 0.3 is 0 Å². The third kappa shape index (κ3) is 5.67. The van der Waals surface area contributed by atoms with Crippen LogP contribution in [0.5, 0.6) is 5.75 Å². The van der Waals surface area contributed by atoms with Gasteiger partial charge in [-0.2, -0.15) is 10.2 Å². The van der Waals surface area contributed by atoms with Gasteiger partial charge in [0.1, 0.15) is 5.75 Å². The van der Waals surface area contributed by atoms with E-state index in [1.807, 2.05) is 24.4 Å². The van der Waals surface area contributed by atoms with Gasteiger partial charge in [-0.05, 0) is 105 Å². The fraction of sp³-hybridized carbons (Fsp3) is 0.643. The zero-order valence-electron chi connectivity index (χ0n) is 19.5. The summed E-state index contributed by atoms with van der Waals surface area (Å²) in [5.41, 5.74) is 3.17. The molecule has 0 radical (unpaired) electrons. The number of para-hydroxylation sites is 1. The minimum absolute atomic E-state index is 0.314. The maximum atomic E-state index is 10.6. The van der Waals surface area contributed by atoms with Crippen molar-refractivity contribution in [3.05, 3.63) is 47.7 Å². The predicted octanol–water partition coefficient (Wildman–Crippen LogP) is 8.52. The number of aromatic hydroxyl groups is 1. The van der Waals surface area contributed by atoms with Crippen molar-refractivity contribution >= 4 is 5.70 Å². The van der Waals surface area contributed by atoms with Gasteiger partial charge in [0.15, 0.2) is 0 Å². The van der Waals surface area contributed by atoms with E-state index in [1.165, 1.54) is 56.9 Å². The smallest absolute Gasteiger partial charge is 0.125 e. The topological polar surface area (TPSA) is 45.0 Å². The lowest BCUT2D eigenvalue weighted by Crippen LogP contribution is -2.19. The van der Waals surface area contributed by atoms with Crippen LogP contribution in [0.3, 0.4) is 0 Å². The summed E-state index contributed by atoms with van der Waals surface area (Å²) in [6, 6.07) is 7.66. The maximum absolute atomic E-state index is 10.6. The Kier molecular flexibility index (Phi) is 7.63. The molecular weight excluding hydrogens is 380 g/mol. The second kappa shape index (κ2) is 10.6. The molecule has 0 saturated heterocycles. The molecule has 1 heterocycles. The van der Waals surface area contributed by atoms with Crippen LogP contribution in [-0.4, -0.2) is 5.11 Å². The molecule has 2 saturated carbocycles. The Hall–Kier alpha value is -1.90.